The van der Waals surface area contributed by atoms with E-state index in [1.165, 1.54) is 0 Å². The van der Waals surface area contributed by atoms with Crippen LogP contribution in [0.4, 0.5) is 4.79 Å². The normalized spacial score (nSPS) is 17.3. The zero-order chi connectivity index (χ0) is 22.6. The Morgan fingerprint density at radius 2 is 1.71 bits per heavy atom. The molecule has 1 amide bonds. The van der Waals surface area contributed by atoms with Crippen molar-refractivity contribution in [1.82, 2.24) is 4.90 Å². The molecule has 1 aliphatic heterocycles. The van der Waals surface area contributed by atoms with E-state index in [0.29, 0.717) is 13.1 Å². The Labute approximate surface area is 187 Å². The van der Waals surface area contributed by atoms with Crippen molar-refractivity contribution in [3.8, 4) is 0 Å². The number of nitrogens with zero attached hydrogens (tertiary/aromatic N) is 1. The highest BCUT2D eigenvalue weighted by atomic mass is 32.2. The van der Waals surface area contributed by atoms with Crippen molar-refractivity contribution in [2.45, 2.75) is 58.2 Å². The number of rotatable bonds is 5. The van der Waals surface area contributed by atoms with Gasteiger partial charge in [0.25, 0.3) is 0 Å². The van der Waals surface area contributed by atoms with Crippen LogP contribution in [-0.4, -0.2) is 38.4 Å². The second kappa shape index (κ2) is 9.94. The minimum atomic E-state index is -2.66. The fourth-order valence-corrected chi connectivity index (χ4v) is 4.30. The second-order valence-electron chi connectivity index (χ2n) is 8.96. The van der Waals surface area contributed by atoms with Crippen molar-refractivity contribution in [2.24, 2.45) is 0 Å². The average molecular weight is 445 g/mol. The van der Waals surface area contributed by atoms with Crippen molar-refractivity contribution < 1.29 is 22.5 Å². The lowest BCUT2D eigenvalue weighted by molar-refractivity contribution is 0.0204. The minimum absolute atomic E-state index is 0.200. The third-order valence-corrected chi connectivity index (χ3v) is 5.77. The van der Waals surface area contributed by atoms with E-state index in [9.17, 15) is 13.6 Å². The van der Waals surface area contributed by atoms with E-state index >= 15 is 0 Å². The smallest absolute Gasteiger partial charge is 0.410 e. The molecule has 0 aromatic heterocycles. The van der Waals surface area contributed by atoms with Gasteiger partial charge in [0.05, 0.1) is 11.4 Å². The first-order valence-corrected chi connectivity index (χ1v) is 11.5. The standard InChI is InChI=1S/C24H31NO5S/c1-17-9-11-19(12-10-17)22(30-31(27)28)21-8-6-5-7-20(21)18-13-15-25(16-14-18)23(26)29-24(2,3)4/h5-12,18,22H,13-16H2,1-4H3,(H,27,28)/p-1. The molecule has 1 saturated heterocycles. The van der Waals surface area contributed by atoms with Gasteiger partial charge in [-0.15, -0.1) is 0 Å². The van der Waals surface area contributed by atoms with Crippen molar-refractivity contribution in [2.75, 3.05) is 13.1 Å². The van der Waals surface area contributed by atoms with Crippen LogP contribution in [0.3, 0.4) is 0 Å². The molecule has 2 aromatic carbocycles. The number of carbonyl (C=O) groups excluding carboxylic acids is 1. The number of carbonyl (C=O) groups is 1. The van der Waals surface area contributed by atoms with E-state index in [1.807, 2.05) is 76.2 Å². The summed E-state index contributed by atoms with van der Waals surface area (Å²) in [6, 6.07) is 15.5. The van der Waals surface area contributed by atoms with Crippen LogP contribution in [0.2, 0.25) is 0 Å². The van der Waals surface area contributed by atoms with Gasteiger partial charge in [0.15, 0.2) is 0 Å². The maximum atomic E-state index is 12.4. The first kappa shape index (κ1) is 23.4. The van der Waals surface area contributed by atoms with Gasteiger partial charge in [-0.1, -0.05) is 54.1 Å². The Morgan fingerprint density at radius 3 is 2.29 bits per heavy atom. The molecule has 1 heterocycles. The summed E-state index contributed by atoms with van der Waals surface area (Å²) in [6.07, 6.45) is 0.551. The van der Waals surface area contributed by atoms with Crippen LogP contribution in [0.25, 0.3) is 0 Å². The maximum absolute atomic E-state index is 12.4. The molecule has 31 heavy (non-hydrogen) atoms. The third kappa shape index (κ3) is 6.38. The summed E-state index contributed by atoms with van der Waals surface area (Å²) in [6.45, 7) is 8.75. The lowest BCUT2D eigenvalue weighted by atomic mass is 9.84. The van der Waals surface area contributed by atoms with Crippen LogP contribution in [0.1, 0.15) is 67.9 Å². The number of hydrogen-bond acceptors (Lipinski definition) is 5. The van der Waals surface area contributed by atoms with Gasteiger partial charge in [0.2, 0.25) is 0 Å². The number of likely N-dealkylation sites (tertiary alicyclic amines) is 1. The first-order valence-electron chi connectivity index (χ1n) is 10.5. The van der Waals surface area contributed by atoms with Crippen LogP contribution >= 0.6 is 0 Å². The zero-order valence-corrected chi connectivity index (χ0v) is 19.3. The molecule has 3 rings (SSSR count). The van der Waals surface area contributed by atoms with Gasteiger partial charge in [0.1, 0.15) is 11.7 Å². The Bertz CT molecular complexity index is 914. The van der Waals surface area contributed by atoms with Gasteiger partial charge >= 0.3 is 6.09 Å². The molecule has 2 aromatic rings. The molecule has 1 aliphatic rings. The highest BCUT2D eigenvalue weighted by molar-refractivity contribution is 7.74. The van der Waals surface area contributed by atoms with Crippen LogP contribution in [0.15, 0.2) is 48.5 Å². The Hall–Kier alpha value is -2.22. The molecule has 2 unspecified atom stereocenters. The predicted octanol–water partition coefficient (Wildman–Crippen LogP) is 5.01. The van der Waals surface area contributed by atoms with Crippen LogP contribution < -0.4 is 0 Å². The molecule has 0 spiro atoms. The van der Waals surface area contributed by atoms with Gasteiger partial charge in [-0.25, -0.2) is 9.00 Å². The van der Waals surface area contributed by atoms with Gasteiger partial charge in [0, 0.05) is 13.1 Å². The van der Waals surface area contributed by atoms with Crippen molar-refractivity contribution in [3.05, 3.63) is 70.8 Å². The van der Waals surface area contributed by atoms with E-state index in [2.05, 4.69) is 0 Å². The third-order valence-electron chi connectivity index (χ3n) is 5.42. The highest BCUT2D eigenvalue weighted by Gasteiger charge is 2.30. The van der Waals surface area contributed by atoms with Gasteiger partial charge < -0.3 is 14.2 Å². The topological polar surface area (TPSA) is 78.9 Å². The monoisotopic (exact) mass is 444 g/mol. The molecule has 0 aliphatic carbocycles. The number of aryl methyl sites for hydroxylation is 1. The Kier molecular flexibility index (Phi) is 7.51. The van der Waals surface area contributed by atoms with E-state index in [4.69, 9.17) is 8.92 Å². The quantitative estimate of drug-likeness (QED) is 0.606. The van der Waals surface area contributed by atoms with Crippen molar-refractivity contribution in [3.63, 3.8) is 0 Å². The highest BCUT2D eigenvalue weighted by Crippen LogP contribution is 2.37. The number of hydrogen-bond donors (Lipinski definition) is 0. The molecule has 168 valence electrons. The lowest BCUT2D eigenvalue weighted by Crippen LogP contribution is -2.41. The van der Waals surface area contributed by atoms with Crippen molar-refractivity contribution in [1.29, 1.82) is 0 Å². The number of piperidine rings is 1. The molecule has 0 bridgehead atoms. The number of ether oxygens (including phenoxy) is 1. The zero-order valence-electron chi connectivity index (χ0n) is 18.5. The summed E-state index contributed by atoms with van der Waals surface area (Å²) in [5.41, 5.74) is 3.25. The van der Waals surface area contributed by atoms with Gasteiger partial charge in [-0.05, 0) is 63.1 Å². The summed E-state index contributed by atoms with van der Waals surface area (Å²) < 4.78 is 33.8. The first-order chi connectivity index (χ1) is 14.6. The van der Waals surface area contributed by atoms with Crippen LogP contribution in [0.5, 0.6) is 0 Å². The molecule has 6 nitrogen and oxygen atoms in total. The average Bonchev–Trinajstić information content (AvgIpc) is 2.71. The molecule has 0 radical (unpaired) electrons. The summed E-state index contributed by atoms with van der Waals surface area (Å²) in [5, 5.41) is 0. The largest absolute Gasteiger partial charge is 0.750 e. The summed E-state index contributed by atoms with van der Waals surface area (Å²) in [7, 11) is 0. The van der Waals surface area contributed by atoms with E-state index in [0.717, 1.165) is 35.1 Å². The van der Waals surface area contributed by atoms with Crippen LogP contribution in [-0.2, 0) is 20.3 Å². The molecular formula is C24H30NO5S-. The van der Waals surface area contributed by atoms with Gasteiger partial charge in [-0.3, -0.25) is 4.18 Å². The molecule has 1 fully saturated rings. The second-order valence-corrected chi connectivity index (χ2v) is 9.56. The van der Waals surface area contributed by atoms with Crippen molar-refractivity contribution >= 4 is 17.5 Å². The van der Waals surface area contributed by atoms with Gasteiger partial charge in [-0.2, -0.15) is 0 Å². The lowest BCUT2D eigenvalue weighted by Gasteiger charge is -2.35. The fraction of sp³-hybridized carbons (Fsp3) is 0.458. The van der Waals surface area contributed by atoms with E-state index in [-0.39, 0.29) is 12.0 Å². The van der Waals surface area contributed by atoms with Crippen LogP contribution in [0, 0.1) is 6.92 Å². The molecule has 0 N–H and O–H groups in total. The Balaban J connectivity index is 1.82. The summed E-state index contributed by atoms with van der Waals surface area (Å²) >= 11 is -2.66. The van der Waals surface area contributed by atoms with E-state index < -0.39 is 23.1 Å². The number of amides is 1. The summed E-state index contributed by atoms with van der Waals surface area (Å²) in [5.74, 6) is 0.200. The minimum Gasteiger partial charge on any atom is -0.750 e. The molecular weight excluding hydrogens is 414 g/mol. The molecule has 7 heteroatoms. The maximum Gasteiger partial charge on any atom is 0.410 e. The fourth-order valence-electron chi connectivity index (χ4n) is 3.93. The summed E-state index contributed by atoms with van der Waals surface area (Å²) in [4.78, 5) is 14.1. The SMILES string of the molecule is Cc1ccc(C(OS(=O)[O-])c2ccccc2C2CCN(C(=O)OC(C)(C)C)CC2)cc1. The molecule has 0 saturated carbocycles. The number of benzene rings is 2. The Morgan fingerprint density at radius 1 is 1.10 bits per heavy atom. The predicted molar refractivity (Wildman–Crippen MR) is 119 cm³/mol. The molecule has 2 atom stereocenters. The van der Waals surface area contributed by atoms with E-state index in [1.54, 1.807) is 4.90 Å².